The molecule has 1 heterocycles. The molecule has 0 bridgehead atoms. The highest BCUT2D eigenvalue weighted by molar-refractivity contribution is 7.80. The SMILES string of the molecule is Fc1cccc(CN2CCN(C(=S)Nc3cc(Cl)cc(Cl)c3)CC2)c1. The zero-order chi connectivity index (χ0) is 17.8. The van der Waals surface area contributed by atoms with Crippen LogP contribution in [0.5, 0.6) is 0 Å². The number of thiocarbonyl (C=S) groups is 1. The van der Waals surface area contributed by atoms with Crippen molar-refractivity contribution in [2.75, 3.05) is 31.5 Å². The van der Waals surface area contributed by atoms with Crippen molar-refractivity contribution in [2.24, 2.45) is 0 Å². The van der Waals surface area contributed by atoms with Crippen LogP contribution in [0.25, 0.3) is 0 Å². The molecule has 0 saturated carbocycles. The van der Waals surface area contributed by atoms with Gasteiger partial charge in [-0.25, -0.2) is 4.39 Å². The summed E-state index contributed by atoms with van der Waals surface area (Å²) >= 11 is 17.5. The summed E-state index contributed by atoms with van der Waals surface area (Å²) in [4.78, 5) is 4.41. The fourth-order valence-electron chi connectivity index (χ4n) is 2.83. The summed E-state index contributed by atoms with van der Waals surface area (Å²) in [6, 6.07) is 12.0. The van der Waals surface area contributed by atoms with E-state index < -0.39 is 0 Å². The summed E-state index contributed by atoms with van der Waals surface area (Å²) in [5, 5.41) is 4.98. The van der Waals surface area contributed by atoms with Gasteiger partial charge in [0.2, 0.25) is 0 Å². The normalized spacial score (nSPS) is 15.2. The second-order valence-corrected chi connectivity index (χ2v) is 7.24. The molecule has 0 spiro atoms. The maximum atomic E-state index is 13.3. The molecule has 7 heteroatoms. The molecule has 1 aliphatic rings. The Kier molecular flexibility index (Phi) is 6.12. The standard InChI is InChI=1S/C18H18Cl2FN3S/c19-14-9-15(20)11-17(10-14)22-18(25)24-6-4-23(5-7-24)12-13-2-1-3-16(21)8-13/h1-3,8-11H,4-7,12H2,(H,22,25). The minimum absolute atomic E-state index is 0.193. The highest BCUT2D eigenvalue weighted by Crippen LogP contribution is 2.23. The number of benzene rings is 2. The molecule has 25 heavy (non-hydrogen) atoms. The first-order valence-corrected chi connectivity index (χ1v) is 9.15. The van der Waals surface area contributed by atoms with E-state index in [2.05, 4.69) is 15.1 Å². The van der Waals surface area contributed by atoms with Crippen LogP contribution in [0, 0.1) is 5.82 Å². The lowest BCUT2D eigenvalue weighted by Gasteiger charge is -2.36. The number of hydrogen-bond acceptors (Lipinski definition) is 2. The molecule has 0 aliphatic carbocycles. The van der Waals surface area contributed by atoms with Crippen LogP contribution < -0.4 is 5.32 Å². The van der Waals surface area contributed by atoms with Crippen molar-refractivity contribution in [2.45, 2.75) is 6.54 Å². The summed E-state index contributed by atoms with van der Waals surface area (Å²) in [6.45, 7) is 4.11. The fraction of sp³-hybridized carbons (Fsp3) is 0.278. The first-order chi connectivity index (χ1) is 12.0. The molecule has 132 valence electrons. The van der Waals surface area contributed by atoms with Gasteiger partial charge < -0.3 is 10.2 Å². The van der Waals surface area contributed by atoms with Gasteiger partial charge in [-0.1, -0.05) is 35.3 Å². The van der Waals surface area contributed by atoms with Crippen LogP contribution in [0.15, 0.2) is 42.5 Å². The van der Waals surface area contributed by atoms with Crippen LogP contribution >= 0.6 is 35.4 Å². The first kappa shape index (κ1) is 18.4. The molecule has 2 aromatic rings. The minimum Gasteiger partial charge on any atom is -0.346 e. The summed E-state index contributed by atoms with van der Waals surface area (Å²) < 4.78 is 13.3. The Morgan fingerprint density at radius 3 is 2.36 bits per heavy atom. The average Bonchev–Trinajstić information content (AvgIpc) is 2.54. The number of anilines is 1. The van der Waals surface area contributed by atoms with Crippen LogP contribution in [0.3, 0.4) is 0 Å². The van der Waals surface area contributed by atoms with Gasteiger partial charge in [0, 0.05) is 48.5 Å². The second kappa shape index (κ2) is 8.32. The van der Waals surface area contributed by atoms with E-state index in [1.54, 1.807) is 30.3 Å². The Labute approximate surface area is 162 Å². The molecule has 3 rings (SSSR count). The predicted molar refractivity (Wildman–Crippen MR) is 106 cm³/mol. The summed E-state index contributed by atoms with van der Waals surface area (Å²) in [5.41, 5.74) is 1.77. The van der Waals surface area contributed by atoms with Gasteiger partial charge in [0.05, 0.1) is 0 Å². The van der Waals surface area contributed by atoms with E-state index in [9.17, 15) is 4.39 Å². The maximum absolute atomic E-state index is 13.3. The third kappa shape index (κ3) is 5.28. The molecule has 0 amide bonds. The van der Waals surface area contributed by atoms with E-state index in [0.29, 0.717) is 15.2 Å². The Morgan fingerprint density at radius 2 is 1.72 bits per heavy atom. The zero-order valence-corrected chi connectivity index (χ0v) is 15.8. The topological polar surface area (TPSA) is 18.5 Å². The molecule has 1 fully saturated rings. The molecule has 1 N–H and O–H groups in total. The molecular formula is C18H18Cl2FN3S. The van der Waals surface area contributed by atoms with Crippen molar-refractivity contribution in [3.63, 3.8) is 0 Å². The Hall–Kier alpha value is -1.40. The summed E-state index contributed by atoms with van der Waals surface area (Å²) in [6.07, 6.45) is 0. The van der Waals surface area contributed by atoms with E-state index in [0.717, 1.165) is 44.0 Å². The van der Waals surface area contributed by atoms with Crippen molar-refractivity contribution in [3.05, 3.63) is 63.9 Å². The smallest absolute Gasteiger partial charge is 0.173 e. The van der Waals surface area contributed by atoms with Crippen molar-refractivity contribution in [3.8, 4) is 0 Å². The van der Waals surface area contributed by atoms with E-state index in [1.165, 1.54) is 6.07 Å². The van der Waals surface area contributed by atoms with Crippen LogP contribution in [0.1, 0.15) is 5.56 Å². The molecular weight excluding hydrogens is 380 g/mol. The monoisotopic (exact) mass is 397 g/mol. The number of hydrogen-bond donors (Lipinski definition) is 1. The molecule has 1 saturated heterocycles. The number of nitrogens with zero attached hydrogens (tertiary/aromatic N) is 2. The number of rotatable bonds is 3. The van der Waals surface area contributed by atoms with Gasteiger partial charge in [-0.05, 0) is 48.1 Å². The van der Waals surface area contributed by atoms with Gasteiger partial charge in [-0.3, -0.25) is 4.90 Å². The van der Waals surface area contributed by atoms with Gasteiger partial charge >= 0.3 is 0 Å². The Morgan fingerprint density at radius 1 is 1.04 bits per heavy atom. The number of piperazine rings is 1. The van der Waals surface area contributed by atoms with Crippen LogP contribution in [-0.2, 0) is 6.54 Å². The van der Waals surface area contributed by atoms with Gasteiger partial charge in [0.15, 0.2) is 5.11 Å². The van der Waals surface area contributed by atoms with Crippen LogP contribution in [0.2, 0.25) is 10.0 Å². The average molecular weight is 398 g/mol. The van der Waals surface area contributed by atoms with E-state index in [1.807, 2.05) is 6.07 Å². The fourth-order valence-corrected chi connectivity index (χ4v) is 3.66. The lowest BCUT2D eigenvalue weighted by atomic mass is 10.2. The van der Waals surface area contributed by atoms with Gasteiger partial charge in [0.25, 0.3) is 0 Å². The van der Waals surface area contributed by atoms with E-state index in [4.69, 9.17) is 35.4 Å². The zero-order valence-electron chi connectivity index (χ0n) is 13.5. The molecule has 0 aromatic heterocycles. The van der Waals surface area contributed by atoms with E-state index in [-0.39, 0.29) is 5.82 Å². The summed E-state index contributed by atoms with van der Waals surface area (Å²) in [7, 11) is 0. The van der Waals surface area contributed by atoms with Gasteiger partial charge in [-0.2, -0.15) is 0 Å². The molecule has 0 radical (unpaired) electrons. The maximum Gasteiger partial charge on any atom is 0.173 e. The van der Waals surface area contributed by atoms with E-state index >= 15 is 0 Å². The first-order valence-electron chi connectivity index (χ1n) is 7.98. The highest BCUT2D eigenvalue weighted by atomic mass is 35.5. The van der Waals surface area contributed by atoms with Crippen molar-refractivity contribution >= 4 is 46.2 Å². The number of nitrogens with one attached hydrogen (secondary N) is 1. The quantitative estimate of drug-likeness (QED) is 0.759. The van der Waals surface area contributed by atoms with Crippen LogP contribution in [0.4, 0.5) is 10.1 Å². The molecule has 0 unspecified atom stereocenters. The minimum atomic E-state index is -0.193. The van der Waals surface area contributed by atoms with Gasteiger partial charge in [-0.15, -0.1) is 0 Å². The summed E-state index contributed by atoms with van der Waals surface area (Å²) in [5.74, 6) is -0.193. The lowest BCUT2D eigenvalue weighted by molar-refractivity contribution is 0.177. The van der Waals surface area contributed by atoms with Gasteiger partial charge in [0.1, 0.15) is 5.82 Å². The molecule has 3 nitrogen and oxygen atoms in total. The molecule has 0 atom stereocenters. The lowest BCUT2D eigenvalue weighted by Crippen LogP contribution is -2.49. The van der Waals surface area contributed by atoms with Crippen molar-refractivity contribution in [1.82, 2.24) is 9.80 Å². The van der Waals surface area contributed by atoms with Crippen molar-refractivity contribution in [1.29, 1.82) is 0 Å². The number of halogens is 3. The predicted octanol–water partition coefficient (Wildman–Crippen LogP) is 4.65. The second-order valence-electron chi connectivity index (χ2n) is 5.98. The molecule has 1 aliphatic heterocycles. The third-order valence-electron chi connectivity index (χ3n) is 4.07. The largest absolute Gasteiger partial charge is 0.346 e. The van der Waals surface area contributed by atoms with Crippen molar-refractivity contribution < 1.29 is 4.39 Å². The molecule has 2 aromatic carbocycles. The van der Waals surface area contributed by atoms with Crippen LogP contribution in [-0.4, -0.2) is 41.1 Å². The highest BCUT2D eigenvalue weighted by Gasteiger charge is 2.19. The third-order valence-corrected chi connectivity index (χ3v) is 4.87. The Bertz CT molecular complexity index is 743. The Balaban J connectivity index is 1.52.